The van der Waals surface area contributed by atoms with Crippen LogP contribution in [0.1, 0.15) is 38.5 Å². The fraction of sp³-hybridized carbons (Fsp3) is 0.842. The number of nitrogens with one attached hydrogen (secondary N) is 2. The van der Waals surface area contributed by atoms with E-state index in [-0.39, 0.29) is 47.0 Å². The Balaban J connectivity index is 1.67. The van der Waals surface area contributed by atoms with Crippen LogP contribution in [-0.4, -0.2) is 74.8 Å². The Bertz CT molecular complexity index is 674. The van der Waals surface area contributed by atoms with Crippen molar-refractivity contribution in [3.05, 3.63) is 0 Å². The SMILES string of the molecule is CNC(=O)[C@H]1[C@@H]2SC3(CC2Br)C(C(=O)NC2CCCCC2)N(CCO)C(=O)[C@H]13. The summed E-state index contributed by atoms with van der Waals surface area (Å²) in [5.74, 6) is -1.39. The van der Waals surface area contributed by atoms with Crippen molar-refractivity contribution < 1.29 is 19.5 Å². The number of aliphatic hydroxyl groups is 1. The summed E-state index contributed by atoms with van der Waals surface area (Å²) in [5.41, 5.74) is 0. The monoisotopic (exact) mass is 473 g/mol. The summed E-state index contributed by atoms with van der Waals surface area (Å²) >= 11 is 5.34. The Labute approximate surface area is 177 Å². The standard InChI is InChI=1S/C19H28BrN3O4S/c1-21-16(25)12-13-18(27)23(7-8-24)15(19(13)9-11(20)14(12)28-19)17(26)22-10-5-3-2-4-6-10/h10-15,24H,2-9H2,1H3,(H,21,25)(H,22,26)/t11?,12-,13+,14-,15?,19?/m1/s1. The number of hydrogen-bond acceptors (Lipinski definition) is 5. The molecule has 9 heteroatoms. The molecule has 1 saturated carbocycles. The van der Waals surface area contributed by atoms with Gasteiger partial charge in [-0.3, -0.25) is 14.4 Å². The first-order valence-electron chi connectivity index (χ1n) is 10.2. The third kappa shape index (κ3) is 2.99. The van der Waals surface area contributed by atoms with Crippen LogP contribution in [-0.2, 0) is 14.4 Å². The van der Waals surface area contributed by atoms with Gasteiger partial charge in [-0.2, -0.15) is 0 Å². The van der Waals surface area contributed by atoms with Crippen LogP contribution in [0.5, 0.6) is 0 Å². The number of nitrogens with zero attached hydrogens (tertiary/aromatic N) is 1. The molecule has 6 atom stereocenters. The van der Waals surface area contributed by atoms with Gasteiger partial charge in [0.25, 0.3) is 0 Å². The quantitative estimate of drug-likeness (QED) is 0.508. The van der Waals surface area contributed by atoms with Gasteiger partial charge < -0.3 is 20.6 Å². The van der Waals surface area contributed by atoms with Crippen molar-refractivity contribution in [1.82, 2.24) is 15.5 Å². The highest BCUT2D eigenvalue weighted by atomic mass is 79.9. The van der Waals surface area contributed by atoms with Crippen molar-refractivity contribution in [3.8, 4) is 0 Å². The van der Waals surface area contributed by atoms with E-state index in [9.17, 15) is 19.5 Å². The number of aliphatic hydroxyl groups excluding tert-OH is 1. The number of alkyl halides is 1. The van der Waals surface area contributed by atoms with Gasteiger partial charge in [0.2, 0.25) is 17.7 Å². The van der Waals surface area contributed by atoms with Crippen LogP contribution in [0.4, 0.5) is 0 Å². The van der Waals surface area contributed by atoms with E-state index in [4.69, 9.17) is 0 Å². The maximum absolute atomic E-state index is 13.4. The molecule has 0 aromatic carbocycles. The molecule has 0 aromatic rings. The molecule has 3 heterocycles. The topological polar surface area (TPSA) is 98.7 Å². The number of rotatable bonds is 5. The van der Waals surface area contributed by atoms with Gasteiger partial charge in [0, 0.05) is 29.7 Å². The number of β-amino-alcohol motifs (C(OH)–C–C–N with tert-alkyl or cyclic N) is 1. The maximum atomic E-state index is 13.4. The van der Waals surface area contributed by atoms with Gasteiger partial charge in [0.05, 0.1) is 23.2 Å². The van der Waals surface area contributed by atoms with Crippen molar-refractivity contribution in [2.24, 2.45) is 11.8 Å². The lowest BCUT2D eigenvalue weighted by Gasteiger charge is -2.36. The van der Waals surface area contributed by atoms with Gasteiger partial charge in [0.15, 0.2) is 0 Å². The number of fused-ring (bicyclic) bond motifs is 1. The van der Waals surface area contributed by atoms with Gasteiger partial charge in [0.1, 0.15) is 6.04 Å². The minimum Gasteiger partial charge on any atom is -0.395 e. The number of carbonyl (C=O) groups is 3. The van der Waals surface area contributed by atoms with E-state index in [2.05, 4.69) is 26.6 Å². The number of thioether (sulfide) groups is 1. The normalized spacial score (nSPS) is 39.9. The van der Waals surface area contributed by atoms with Crippen molar-refractivity contribution in [2.45, 2.75) is 65.4 Å². The molecule has 3 amide bonds. The molecular weight excluding hydrogens is 446 g/mol. The molecule has 3 N–H and O–H groups in total. The van der Waals surface area contributed by atoms with Crippen molar-refractivity contribution >= 4 is 45.4 Å². The molecule has 1 aliphatic carbocycles. The zero-order valence-electron chi connectivity index (χ0n) is 16.0. The molecular formula is C19H28BrN3O4S. The summed E-state index contributed by atoms with van der Waals surface area (Å²) in [4.78, 5) is 41.0. The molecule has 0 aromatic heterocycles. The molecule has 3 saturated heterocycles. The van der Waals surface area contributed by atoms with E-state index >= 15 is 0 Å². The van der Waals surface area contributed by atoms with Crippen molar-refractivity contribution in [2.75, 3.05) is 20.2 Å². The molecule has 28 heavy (non-hydrogen) atoms. The first kappa shape index (κ1) is 20.5. The van der Waals surface area contributed by atoms with E-state index in [1.54, 1.807) is 18.8 Å². The van der Waals surface area contributed by atoms with Crippen molar-refractivity contribution in [1.29, 1.82) is 0 Å². The summed E-state index contributed by atoms with van der Waals surface area (Å²) in [5, 5.41) is 15.4. The predicted octanol–water partition coefficient (Wildman–Crippen LogP) is 0.638. The number of halogens is 1. The molecule has 156 valence electrons. The zero-order valence-corrected chi connectivity index (χ0v) is 18.4. The number of likely N-dealkylation sites (tertiary alicyclic amines) is 1. The van der Waals surface area contributed by atoms with Crippen LogP contribution < -0.4 is 10.6 Å². The number of carbonyl (C=O) groups excluding carboxylic acids is 3. The Morgan fingerprint density at radius 2 is 2.00 bits per heavy atom. The molecule has 4 aliphatic rings. The Morgan fingerprint density at radius 1 is 1.29 bits per heavy atom. The van der Waals surface area contributed by atoms with Gasteiger partial charge >= 0.3 is 0 Å². The highest BCUT2D eigenvalue weighted by Gasteiger charge is 2.75. The van der Waals surface area contributed by atoms with Gasteiger partial charge in [-0.1, -0.05) is 35.2 Å². The fourth-order valence-corrected chi connectivity index (χ4v) is 9.39. The molecule has 4 fully saturated rings. The van der Waals surface area contributed by atoms with Crippen LogP contribution in [0, 0.1) is 11.8 Å². The summed E-state index contributed by atoms with van der Waals surface area (Å²) < 4.78 is -0.610. The third-order valence-corrected chi connectivity index (χ3v) is 10.1. The second-order valence-electron chi connectivity index (χ2n) is 8.38. The minimum atomic E-state index is -0.635. The van der Waals surface area contributed by atoms with Crippen LogP contribution >= 0.6 is 27.7 Å². The van der Waals surface area contributed by atoms with E-state index in [1.165, 1.54) is 11.3 Å². The summed E-state index contributed by atoms with van der Waals surface area (Å²) in [6.45, 7) is -0.0727. The van der Waals surface area contributed by atoms with Crippen LogP contribution in [0.3, 0.4) is 0 Å². The predicted molar refractivity (Wildman–Crippen MR) is 110 cm³/mol. The lowest BCUT2D eigenvalue weighted by atomic mass is 9.70. The van der Waals surface area contributed by atoms with Crippen LogP contribution in [0.15, 0.2) is 0 Å². The molecule has 4 rings (SSSR count). The third-order valence-electron chi connectivity index (χ3n) is 6.88. The van der Waals surface area contributed by atoms with E-state index in [1.807, 2.05) is 0 Å². The van der Waals surface area contributed by atoms with Gasteiger partial charge in [-0.25, -0.2) is 0 Å². The van der Waals surface area contributed by atoms with Crippen molar-refractivity contribution in [3.63, 3.8) is 0 Å². The minimum absolute atomic E-state index is 0.0184. The van der Waals surface area contributed by atoms with E-state index in [0.717, 1.165) is 25.7 Å². The Kier molecular flexibility index (Phi) is 5.70. The Hall–Kier alpha value is -0.800. The smallest absolute Gasteiger partial charge is 0.244 e. The average Bonchev–Trinajstić information content (AvgIpc) is 3.26. The van der Waals surface area contributed by atoms with E-state index in [0.29, 0.717) is 6.42 Å². The van der Waals surface area contributed by atoms with Gasteiger partial charge in [-0.05, 0) is 19.3 Å². The highest BCUT2D eigenvalue weighted by molar-refractivity contribution is 9.09. The number of hydrogen-bond donors (Lipinski definition) is 3. The molecule has 3 unspecified atom stereocenters. The largest absolute Gasteiger partial charge is 0.395 e. The van der Waals surface area contributed by atoms with Crippen LogP contribution in [0.2, 0.25) is 0 Å². The highest BCUT2D eigenvalue weighted by Crippen LogP contribution is 2.67. The molecule has 7 nitrogen and oxygen atoms in total. The average molecular weight is 474 g/mol. The Morgan fingerprint density at radius 3 is 2.64 bits per heavy atom. The molecule has 1 spiro atoms. The maximum Gasteiger partial charge on any atom is 0.244 e. The lowest BCUT2D eigenvalue weighted by molar-refractivity contribution is -0.140. The lowest BCUT2D eigenvalue weighted by Crippen LogP contribution is -2.56. The molecule has 2 bridgehead atoms. The first-order valence-corrected chi connectivity index (χ1v) is 12.0. The summed E-state index contributed by atoms with van der Waals surface area (Å²) in [6, 6.07) is -0.482. The first-order chi connectivity index (χ1) is 13.4. The zero-order chi connectivity index (χ0) is 20.1. The molecule has 0 radical (unpaired) electrons. The summed E-state index contributed by atoms with van der Waals surface area (Å²) in [6.07, 6.45) is 6.05. The second-order valence-corrected chi connectivity index (χ2v) is 11.1. The van der Waals surface area contributed by atoms with Crippen LogP contribution in [0.25, 0.3) is 0 Å². The summed E-state index contributed by atoms with van der Waals surface area (Å²) in [7, 11) is 1.59. The molecule has 3 aliphatic heterocycles. The fourth-order valence-electron chi connectivity index (χ4n) is 5.77. The second kappa shape index (κ2) is 7.80. The van der Waals surface area contributed by atoms with Gasteiger partial charge in [-0.15, -0.1) is 11.8 Å². The van der Waals surface area contributed by atoms with E-state index < -0.39 is 22.6 Å². The number of amides is 3.